The summed E-state index contributed by atoms with van der Waals surface area (Å²) in [6, 6.07) is 1.74. The molecule has 1 amide bonds. The van der Waals surface area contributed by atoms with Gasteiger partial charge < -0.3 is 20.1 Å². The molecule has 3 N–H and O–H groups in total. The van der Waals surface area contributed by atoms with Crippen molar-refractivity contribution in [3.05, 3.63) is 33.2 Å². The highest BCUT2D eigenvalue weighted by molar-refractivity contribution is 5.95. The lowest BCUT2D eigenvalue weighted by molar-refractivity contribution is 0.0243. The van der Waals surface area contributed by atoms with E-state index < -0.39 is 17.1 Å². The Morgan fingerprint density at radius 1 is 1.50 bits per heavy atom. The first-order chi connectivity index (χ1) is 9.26. The first-order valence-corrected chi connectivity index (χ1v) is 6.47. The summed E-state index contributed by atoms with van der Waals surface area (Å²) in [6.45, 7) is 5.53. The molecule has 0 spiro atoms. The number of hydrogen-bond acceptors (Lipinski definition) is 4. The summed E-state index contributed by atoms with van der Waals surface area (Å²) in [5, 5.41) is 12.6. The zero-order chi connectivity index (χ0) is 15.3. The standard InChI is InChI=1S/C14H22N2O4/c1-9-7-10(2)16-13(18)11(9)12(17)15-8-14(3,19)5-6-20-4/h7,19H,5-6,8H2,1-4H3,(H,15,17)(H,16,18). The Kier molecular flexibility index (Phi) is 5.47. The Hall–Kier alpha value is -1.66. The predicted octanol–water partition coefficient (Wildman–Crippen LogP) is 0.509. The molecule has 0 fully saturated rings. The monoisotopic (exact) mass is 282 g/mol. The van der Waals surface area contributed by atoms with Crippen LogP contribution in [0.4, 0.5) is 0 Å². The number of carbonyl (C=O) groups excluding carboxylic acids is 1. The van der Waals surface area contributed by atoms with Gasteiger partial charge in [0.25, 0.3) is 11.5 Å². The molecule has 0 aliphatic rings. The van der Waals surface area contributed by atoms with Crippen LogP contribution < -0.4 is 10.9 Å². The van der Waals surface area contributed by atoms with Gasteiger partial charge in [-0.3, -0.25) is 9.59 Å². The number of carbonyl (C=O) groups is 1. The molecule has 0 saturated carbocycles. The van der Waals surface area contributed by atoms with E-state index in [0.29, 0.717) is 24.3 Å². The molecule has 1 rings (SSSR count). The fourth-order valence-electron chi connectivity index (χ4n) is 1.91. The van der Waals surface area contributed by atoms with Gasteiger partial charge in [0.05, 0.1) is 5.60 Å². The number of amides is 1. The fourth-order valence-corrected chi connectivity index (χ4v) is 1.91. The zero-order valence-electron chi connectivity index (χ0n) is 12.4. The minimum Gasteiger partial charge on any atom is -0.388 e. The second kappa shape index (κ2) is 6.67. The topological polar surface area (TPSA) is 91.4 Å². The lowest BCUT2D eigenvalue weighted by Gasteiger charge is -2.23. The SMILES string of the molecule is COCCC(C)(O)CNC(=O)c1c(C)cc(C)[nH]c1=O. The number of methoxy groups -OCH3 is 1. The molecular formula is C14H22N2O4. The molecule has 0 aromatic carbocycles. The Labute approximate surface area is 118 Å². The van der Waals surface area contributed by atoms with Crippen molar-refractivity contribution in [1.29, 1.82) is 0 Å². The van der Waals surface area contributed by atoms with Gasteiger partial charge in [-0.2, -0.15) is 0 Å². The number of aromatic nitrogens is 1. The molecule has 1 heterocycles. The van der Waals surface area contributed by atoms with Crippen LogP contribution in [-0.4, -0.2) is 41.9 Å². The number of aromatic amines is 1. The average Bonchev–Trinajstić information content (AvgIpc) is 2.33. The molecule has 6 nitrogen and oxygen atoms in total. The zero-order valence-corrected chi connectivity index (χ0v) is 12.4. The van der Waals surface area contributed by atoms with Crippen molar-refractivity contribution in [1.82, 2.24) is 10.3 Å². The van der Waals surface area contributed by atoms with E-state index in [4.69, 9.17) is 4.74 Å². The van der Waals surface area contributed by atoms with Crippen molar-refractivity contribution in [3.63, 3.8) is 0 Å². The quantitative estimate of drug-likeness (QED) is 0.709. The second-order valence-corrected chi connectivity index (χ2v) is 5.26. The lowest BCUT2D eigenvalue weighted by atomic mass is 10.0. The molecule has 0 aliphatic carbocycles. The molecule has 0 aliphatic heterocycles. The van der Waals surface area contributed by atoms with Gasteiger partial charge in [0.1, 0.15) is 5.56 Å². The van der Waals surface area contributed by atoms with Crippen molar-refractivity contribution in [2.45, 2.75) is 32.8 Å². The van der Waals surface area contributed by atoms with Gasteiger partial charge >= 0.3 is 0 Å². The first kappa shape index (κ1) is 16.4. The van der Waals surface area contributed by atoms with Crippen LogP contribution in [0.1, 0.15) is 35.0 Å². The molecule has 112 valence electrons. The van der Waals surface area contributed by atoms with Gasteiger partial charge in [0, 0.05) is 32.4 Å². The molecule has 20 heavy (non-hydrogen) atoms. The third-order valence-corrected chi connectivity index (χ3v) is 3.07. The van der Waals surface area contributed by atoms with E-state index in [1.54, 1.807) is 33.9 Å². The van der Waals surface area contributed by atoms with Crippen molar-refractivity contribution in [2.24, 2.45) is 0 Å². The van der Waals surface area contributed by atoms with Crippen LogP contribution >= 0.6 is 0 Å². The molecule has 6 heteroatoms. The number of hydrogen-bond donors (Lipinski definition) is 3. The maximum Gasteiger partial charge on any atom is 0.261 e. The van der Waals surface area contributed by atoms with E-state index in [0.717, 1.165) is 0 Å². The van der Waals surface area contributed by atoms with Crippen molar-refractivity contribution in [2.75, 3.05) is 20.3 Å². The van der Waals surface area contributed by atoms with Crippen LogP contribution in [-0.2, 0) is 4.74 Å². The maximum atomic E-state index is 12.0. The van der Waals surface area contributed by atoms with Crippen LogP contribution in [0.25, 0.3) is 0 Å². The summed E-state index contributed by atoms with van der Waals surface area (Å²) in [5.41, 5.74) is -0.0945. The van der Waals surface area contributed by atoms with E-state index in [1.165, 1.54) is 0 Å². The Balaban J connectivity index is 2.76. The number of aryl methyl sites for hydroxylation is 2. The maximum absolute atomic E-state index is 12.0. The number of nitrogens with one attached hydrogen (secondary N) is 2. The summed E-state index contributed by atoms with van der Waals surface area (Å²) >= 11 is 0. The minimum absolute atomic E-state index is 0.0575. The largest absolute Gasteiger partial charge is 0.388 e. The lowest BCUT2D eigenvalue weighted by Crippen LogP contribution is -2.42. The third-order valence-electron chi connectivity index (χ3n) is 3.07. The van der Waals surface area contributed by atoms with Crippen LogP contribution in [0.5, 0.6) is 0 Å². The van der Waals surface area contributed by atoms with Gasteiger partial charge in [-0.15, -0.1) is 0 Å². The summed E-state index contributed by atoms with van der Waals surface area (Å²) in [4.78, 5) is 26.4. The van der Waals surface area contributed by atoms with Gasteiger partial charge in [-0.25, -0.2) is 0 Å². The molecule has 1 aromatic rings. The minimum atomic E-state index is -1.07. The Morgan fingerprint density at radius 3 is 2.70 bits per heavy atom. The first-order valence-electron chi connectivity index (χ1n) is 6.47. The van der Waals surface area contributed by atoms with Gasteiger partial charge in [-0.1, -0.05) is 0 Å². The van der Waals surface area contributed by atoms with E-state index >= 15 is 0 Å². The van der Waals surface area contributed by atoms with Crippen LogP contribution in [0.3, 0.4) is 0 Å². The smallest absolute Gasteiger partial charge is 0.261 e. The van der Waals surface area contributed by atoms with Gasteiger partial charge in [-0.05, 0) is 32.4 Å². The summed E-state index contributed by atoms with van der Waals surface area (Å²) in [6.07, 6.45) is 0.396. The molecule has 1 atom stereocenters. The molecule has 0 radical (unpaired) electrons. The van der Waals surface area contributed by atoms with E-state index in [1.807, 2.05) is 0 Å². The molecule has 0 saturated heterocycles. The number of H-pyrrole nitrogens is 1. The number of aliphatic hydroxyl groups is 1. The van der Waals surface area contributed by atoms with E-state index in [9.17, 15) is 14.7 Å². The number of ether oxygens (including phenoxy) is 1. The van der Waals surface area contributed by atoms with E-state index in [-0.39, 0.29) is 12.1 Å². The third kappa shape index (κ3) is 4.47. The van der Waals surface area contributed by atoms with Crippen molar-refractivity contribution < 1.29 is 14.6 Å². The fraction of sp³-hybridized carbons (Fsp3) is 0.571. The van der Waals surface area contributed by atoms with Crippen molar-refractivity contribution >= 4 is 5.91 Å². The van der Waals surface area contributed by atoms with Crippen LogP contribution in [0.2, 0.25) is 0 Å². The number of rotatable bonds is 6. The van der Waals surface area contributed by atoms with Crippen molar-refractivity contribution in [3.8, 4) is 0 Å². The highest BCUT2D eigenvalue weighted by atomic mass is 16.5. The summed E-state index contributed by atoms with van der Waals surface area (Å²) in [7, 11) is 1.55. The summed E-state index contributed by atoms with van der Waals surface area (Å²) < 4.78 is 4.89. The molecule has 0 bridgehead atoms. The molecular weight excluding hydrogens is 260 g/mol. The number of pyridine rings is 1. The summed E-state index contributed by atoms with van der Waals surface area (Å²) in [5.74, 6) is -0.485. The molecule has 1 unspecified atom stereocenters. The van der Waals surface area contributed by atoms with Gasteiger partial charge in [0.2, 0.25) is 0 Å². The molecule has 1 aromatic heterocycles. The normalized spacial score (nSPS) is 13.8. The Bertz CT molecular complexity index is 534. The highest BCUT2D eigenvalue weighted by Crippen LogP contribution is 2.09. The Morgan fingerprint density at radius 2 is 2.15 bits per heavy atom. The highest BCUT2D eigenvalue weighted by Gasteiger charge is 2.22. The van der Waals surface area contributed by atoms with E-state index in [2.05, 4.69) is 10.3 Å². The van der Waals surface area contributed by atoms with Gasteiger partial charge in [0.15, 0.2) is 0 Å². The average molecular weight is 282 g/mol. The van der Waals surface area contributed by atoms with Crippen LogP contribution in [0.15, 0.2) is 10.9 Å². The second-order valence-electron chi connectivity index (χ2n) is 5.26. The van der Waals surface area contributed by atoms with Crippen LogP contribution in [0, 0.1) is 13.8 Å². The predicted molar refractivity (Wildman–Crippen MR) is 76.0 cm³/mol.